The van der Waals surface area contributed by atoms with E-state index in [1.807, 2.05) is 19.3 Å². The molecule has 0 radical (unpaired) electrons. The van der Waals surface area contributed by atoms with Gasteiger partial charge in [-0.05, 0) is 31.9 Å². The van der Waals surface area contributed by atoms with Crippen LogP contribution in [-0.2, 0) is 0 Å². The largest absolute Gasteiger partial charge is 0.313 e. The fraction of sp³-hybridized carbons (Fsp3) is 0.714. The summed E-state index contributed by atoms with van der Waals surface area (Å²) in [6, 6.07) is 0.555. The Hall–Kier alpha value is -0.610. The zero-order valence-corrected chi connectivity index (χ0v) is 12.8. The SMILES string of the molecule is CCCC(NCC)C(CC)Sc1ncc(C)cn1. The van der Waals surface area contributed by atoms with Crippen LogP contribution in [-0.4, -0.2) is 27.8 Å². The Bertz CT molecular complexity index is 320. The van der Waals surface area contributed by atoms with Crippen LogP contribution >= 0.6 is 11.8 Å². The van der Waals surface area contributed by atoms with E-state index in [1.165, 1.54) is 12.8 Å². The van der Waals surface area contributed by atoms with Crippen LogP contribution in [0.4, 0.5) is 0 Å². The zero-order chi connectivity index (χ0) is 13.4. The highest BCUT2D eigenvalue weighted by Gasteiger charge is 2.20. The minimum absolute atomic E-state index is 0.549. The van der Waals surface area contributed by atoms with Crippen molar-refractivity contribution in [2.24, 2.45) is 0 Å². The molecule has 1 aromatic rings. The number of nitrogens with zero attached hydrogens (tertiary/aromatic N) is 2. The predicted octanol–water partition coefficient (Wildman–Crippen LogP) is 3.43. The number of nitrogens with one attached hydrogen (secondary N) is 1. The van der Waals surface area contributed by atoms with Crippen LogP contribution in [0.25, 0.3) is 0 Å². The first-order valence-corrected chi connectivity index (χ1v) is 7.77. The summed E-state index contributed by atoms with van der Waals surface area (Å²) in [5.74, 6) is 0. The van der Waals surface area contributed by atoms with E-state index in [4.69, 9.17) is 0 Å². The molecule has 0 aliphatic carbocycles. The quantitative estimate of drug-likeness (QED) is 0.578. The van der Waals surface area contributed by atoms with E-state index in [0.29, 0.717) is 11.3 Å². The van der Waals surface area contributed by atoms with Gasteiger partial charge in [-0.1, -0.05) is 39.0 Å². The van der Waals surface area contributed by atoms with Crippen LogP contribution in [0, 0.1) is 6.92 Å². The molecular weight excluding hydrogens is 242 g/mol. The summed E-state index contributed by atoms with van der Waals surface area (Å²) in [6.45, 7) is 9.69. The van der Waals surface area contributed by atoms with Gasteiger partial charge in [0.25, 0.3) is 0 Å². The van der Waals surface area contributed by atoms with Crippen LogP contribution in [0.1, 0.15) is 45.6 Å². The minimum atomic E-state index is 0.549. The van der Waals surface area contributed by atoms with Crippen LogP contribution in [0.5, 0.6) is 0 Å². The van der Waals surface area contributed by atoms with Gasteiger partial charge in [0.05, 0.1) is 0 Å². The monoisotopic (exact) mass is 267 g/mol. The zero-order valence-electron chi connectivity index (χ0n) is 11.9. The van der Waals surface area contributed by atoms with Gasteiger partial charge in [0.1, 0.15) is 0 Å². The van der Waals surface area contributed by atoms with Gasteiger partial charge >= 0.3 is 0 Å². The molecule has 3 nitrogen and oxygen atoms in total. The van der Waals surface area contributed by atoms with E-state index in [9.17, 15) is 0 Å². The van der Waals surface area contributed by atoms with Crippen molar-refractivity contribution in [2.75, 3.05) is 6.54 Å². The van der Waals surface area contributed by atoms with Gasteiger partial charge in [-0.2, -0.15) is 0 Å². The minimum Gasteiger partial charge on any atom is -0.313 e. The number of aromatic nitrogens is 2. The molecular formula is C14H25N3S. The predicted molar refractivity (Wildman–Crippen MR) is 79.1 cm³/mol. The first-order chi connectivity index (χ1) is 8.71. The van der Waals surface area contributed by atoms with E-state index < -0.39 is 0 Å². The molecule has 0 spiro atoms. The van der Waals surface area contributed by atoms with Crippen molar-refractivity contribution in [3.8, 4) is 0 Å². The molecule has 0 saturated heterocycles. The number of hydrogen-bond donors (Lipinski definition) is 1. The molecule has 4 heteroatoms. The van der Waals surface area contributed by atoms with Gasteiger partial charge in [0.15, 0.2) is 5.16 Å². The Morgan fingerprint density at radius 2 is 1.89 bits per heavy atom. The summed E-state index contributed by atoms with van der Waals surface area (Å²) in [7, 11) is 0. The molecule has 0 aliphatic rings. The third kappa shape index (κ3) is 4.94. The van der Waals surface area contributed by atoms with Crippen molar-refractivity contribution in [1.82, 2.24) is 15.3 Å². The van der Waals surface area contributed by atoms with Crippen LogP contribution in [0.2, 0.25) is 0 Å². The molecule has 1 heterocycles. The average Bonchev–Trinajstić information content (AvgIpc) is 2.38. The molecule has 0 saturated carbocycles. The summed E-state index contributed by atoms with van der Waals surface area (Å²) in [5, 5.41) is 5.03. The van der Waals surface area contributed by atoms with E-state index in [1.54, 1.807) is 11.8 Å². The Morgan fingerprint density at radius 3 is 2.39 bits per heavy atom. The fourth-order valence-corrected chi connectivity index (χ4v) is 3.08. The molecule has 1 aromatic heterocycles. The molecule has 1 rings (SSSR count). The number of aryl methyl sites for hydroxylation is 1. The van der Waals surface area contributed by atoms with E-state index in [-0.39, 0.29) is 0 Å². The number of rotatable bonds is 8. The maximum Gasteiger partial charge on any atom is 0.187 e. The normalized spacial score (nSPS) is 14.4. The lowest BCUT2D eigenvalue weighted by Crippen LogP contribution is -2.37. The van der Waals surface area contributed by atoms with Crippen molar-refractivity contribution in [3.05, 3.63) is 18.0 Å². The second kappa shape index (κ2) is 8.48. The van der Waals surface area contributed by atoms with E-state index in [2.05, 4.69) is 36.1 Å². The topological polar surface area (TPSA) is 37.8 Å². The summed E-state index contributed by atoms with van der Waals surface area (Å²) in [5.41, 5.74) is 1.11. The van der Waals surface area contributed by atoms with E-state index >= 15 is 0 Å². The molecule has 0 fully saturated rings. The molecule has 2 atom stereocenters. The van der Waals surface area contributed by atoms with Gasteiger partial charge in [0, 0.05) is 23.7 Å². The summed E-state index contributed by atoms with van der Waals surface area (Å²) < 4.78 is 0. The summed E-state index contributed by atoms with van der Waals surface area (Å²) in [6.07, 6.45) is 7.35. The fourth-order valence-electron chi connectivity index (χ4n) is 2.02. The van der Waals surface area contributed by atoms with Gasteiger partial charge in [-0.25, -0.2) is 9.97 Å². The van der Waals surface area contributed by atoms with Gasteiger partial charge in [0.2, 0.25) is 0 Å². The van der Waals surface area contributed by atoms with Crippen LogP contribution in [0.3, 0.4) is 0 Å². The Balaban J connectivity index is 2.66. The summed E-state index contributed by atoms with van der Waals surface area (Å²) >= 11 is 1.80. The standard InChI is InChI=1S/C14H25N3S/c1-5-8-12(15-7-3)13(6-2)18-14-16-9-11(4)10-17-14/h9-10,12-13,15H,5-8H2,1-4H3. The number of thioether (sulfide) groups is 1. The van der Waals surface area contributed by atoms with Crippen molar-refractivity contribution in [3.63, 3.8) is 0 Å². The Morgan fingerprint density at radius 1 is 1.22 bits per heavy atom. The molecule has 0 aliphatic heterocycles. The van der Waals surface area contributed by atoms with Gasteiger partial charge in [-0.3, -0.25) is 0 Å². The number of hydrogen-bond acceptors (Lipinski definition) is 4. The van der Waals surface area contributed by atoms with Crippen molar-refractivity contribution >= 4 is 11.8 Å². The first kappa shape index (κ1) is 15.4. The molecule has 0 amide bonds. The van der Waals surface area contributed by atoms with Crippen LogP contribution in [0.15, 0.2) is 17.6 Å². The second-order valence-corrected chi connectivity index (χ2v) is 5.77. The van der Waals surface area contributed by atoms with Crippen LogP contribution < -0.4 is 5.32 Å². The van der Waals surface area contributed by atoms with Crippen molar-refractivity contribution < 1.29 is 0 Å². The third-order valence-electron chi connectivity index (χ3n) is 2.93. The first-order valence-electron chi connectivity index (χ1n) is 6.89. The molecule has 0 bridgehead atoms. The van der Waals surface area contributed by atoms with Gasteiger partial charge in [-0.15, -0.1) is 0 Å². The molecule has 18 heavy (non-hydrogen) atoms. The molecule has 1 N–H and O–H groups in total. The average molecular weight is 267 g/mol. The summed E-state index contributed by atoms with van der Waals surface area (Å²) in [4.78, 5) is 8.79. The lowest BCUT2D eigenvalue weighted by Gasteiger charge is -2.25. The third-order valence-corrected chi connectivity index (χ3v) is 4.32. The smallest absolute Gasteiger partial charge is 0.187 e. The maximum absolute atomic E-state index is 4.39. The van der Waals surface area contributed by atoms with Crippen molar-refractivity contribution in [2.45, 2.75) is 63.4 Å². The maximum atomic E-state index is 4.39. The highest BCUT2D eigenvalue weighted by Crippen LogP contribution is 2.26. The Labute approximate surface area is 115 Å². The highest BCUT2D eigenvalue weighted by atomic mass is 32.2. The molecule has 2 unspecified atom stereocenters. The van der Waals surface area contributed by atoms with E-state index in [0.717, 1.165) is 23.7 Å². The second-order valence-electron chi connectivity index (χ2n) is 4.56. The lowest BCUT2D eigenvalue weighted by molar-refractivity contribution is 0.465. The van der Waals surface area contributed by atoms with Crippen molar-refractivity contribution in [1.29, 1.82) is 0 Å². The van der Waals surface area contributed by atoms with Gasteiger partial charge < -0.3 is 5.32 Å². The highest BCUT2D eigenvalue weighted by molar-refractivity contribution is 7.99. The lowest BCUT2D eigenvalue weighted by atomic mass is 10.1. The molecule has 102 valence electrons. The molecule has 0 aromatic carbocycles. The Kier molecular flexibility index (Phi) is 7.28.